The number of piperidine rings is 1. The van der Waals surface area contributed by atoms with Gasteiger partial charge in [-0.1, -0.05) is 0 Å². The summed E-state index contributed by atoms with van der Waals surface area (Å²) in [4.78, 5) is 13.7. The van der Waals surface area contributed by atoms with E-state index in [9.17, 15) is 18.0 Å². The monoisotopic (exact) mass is 279 g/mol. The van der Waals surface area contributed by atoms with Crippen LogP contribution < -0.4 is 10.6 Å². The van der Waals surface area contributed by atoms with E-state index in [1.807, 2.05) is 10.2 Å². The van der Waals surface area contributed by atoms with Crippen LogP contribution in [0.5, 0.6) is 0 Å². The van der Waals surface area contributed by atoms with Gasteiger partial charge in [0.2, 0.25) is 5.91 Å². The number of hydrogen-bond acceptors (Lipinski definition) is 3. The summed E-state index contributed by atoms with van der Waals surface area (Å²) in [6.45, 7) is 2.94. The zero-order valence-electron chi connectivity index (χ0n) is 11.0. The smallest absolute Gasteiger partial charge is 0.346 e. The molecule has 2 rings (SSSR count). The average molecular weight is 279 g/mol. The molecule has 0 aromatic rings. The Hall–Kier alpha value is -0.820. The Balaban J connectivity index is 1.83. The number of amides is 1. The molecule has 2 N–H and O–H groups in total. The van der Waals surface area contributed by atoms with Crippen molar-refractivity contribution in [3.8, 4) is 0 Å². The minimum Gasteiger partial charge on any atom is -0.346 e. The van der Waals surface area contributed by atoms with Crippen LogP contribution in [0.15, 0.2) is 0 Å². The maximum Gasteiger partial charge on any atom is 0.405 e. The predicted molar refractivity (Wildman–Crippen MR) is 64.6 cm³/mol. The van der Waals surface area contributed by atoms with Crippen LogP contribution in [0.2, 0.25) is 0 Å². The molecule has 2 saturated heterocycles. The average Bonchev–Trinajstić information content (AvgIpc) is 2.77. The summed E-state index contributed by atoms with van der Waals surface area (Å²) in [5, 5.41) is 5.36. The van der Waals surface area contributed by atoms with Crippen molar-refractivity contribution in [1.29, 1.82) is 0 Å². The van der Waals surface area contributed by atoms with Gasteiger partial charge in [0.25, 0.3) is 0 Å². The molecule has 0 radical (unpaired) electrons. The van der Waals surface area contributed by atoms with E-state index < -0.39 is 24.7 Å². The Morgan fingerprint density at radius 3 is 2.84 bits per heavy atom. The molecule has 110 valence electrons. The van der Waals surface area contributed by atoms with E-state index in [0.717, 1.165) is 32.5 Å². The third-order valence-corrected chi connectivity index (χ3v) is 4.02. The Morgan fingerprint density at radius 1 is 1.47 bits per heavy atom. The van der Waals surface area contributed by atoms with E-state index in [1.165, 1.54) is 0 Å². The number of carbonyl (C=O) groups excluding carboxylic acids is 1. The van der Waals surface area contributed by atoms with E-state index >= 15 is 0 Å². The molecule has 2 aliphatic rings. The summed E-state index contributed by atoms with van der Waals surface area (Å²) in [7, 11) is 0. The van der Waals surface area contributed by atoms with Gasteiger partial charge in [0.15, 0.2) is 0 Å². The first-order valence-electron chi connectivity index (χ1n) is 6.69. The van der Waals surface area contributed by atoms with E-state index in [-0.39, 0.29) is 0 Å². The predicted octanol–water partition coefficient (Wildman–Crippen LogP) is 0.737. The first-order chi connectivity index (χ1) is 8.87. The number of carbonyl (C=O) groups is 1. The molecule has 2 heterocycles. The van der Waals surface area contributed by atoms with Gasteiger partial charge in [-0.05, 0) is 32.2 Å². The highest BCUT2D eigenvalue weighted by atomic mass is 19.4. The summed E-state index contributed by atoms with van der Waals surface area (Å²) in [5.41, 5.74) is 0. The first-order valence-corrected chi connectivity index (χ1v) is 6.69. The molecule has 1 amide bonds. The van der Waals surface area contributed by atoms with Crippen molar-refractivity contribution < 1.29 is 18.0 Å². The van der Waals surface area contributed by atoms with Gasteiger partial charge in [-0.3, -0.25) is 9.69 Å². The summed E-state index contributed by atoms with van der Waals surface area (Å²) in [6.07, 6.45) is -2.09. The summed E-state index contributed by atoms with van der Waals surface area (Å²) < 4.78 is 36.2. The molecule has 2 fully saturated rings. The standard InChI is InChI=1S/C12H20F3N3O/c1-8(11(19)17-7-12(13,14)15)18-5-9-3-2-4-16-10(9)6-18/h8-10,16H,2-7H2,1H3,(H,17,19). The van der Waals surface area contributed by atoms with Crippen molar-refractivity contribution in [2.75, 3.05) is 26.2 Å². The zero-order chi connectivity index (χ0) is 14.0. The number of halogens is 3. The molecule has 0 aliphatic carbocycles. The lowest BCUT2D eigenvalue weighted by atomic mass is 9.94. The quantitative estimate of drug-likeness (QED) is 0.801. The maximum atomic E-state index is 12.1. The molecule has 0 saturated carbocycles. The first kappa shape index (κ1) is 14.6. The SMILES string of the molecule is CC(C(=O)NCC(F)(F)F)N1CC2CCCNC2C1. The molecule has 4 nitrogen and oxygen atoms in total. The van der Waals surface area contributed by atoms with Crippen LogP contribution in [0, 0.1) is 5.92 Å². The molecule has 19 heavy (non-hydrogen) atoms. The molecule has 2 aliphatic heterocycles. The lowest BCUT2D eigenvalue weighted by Crippen LogP contribution is -2.47. The molecular weight excluding hydrogens is 259 g/mol. The number of alkyl halides is 3. The lowest BCUT2D eigenvalue weighted by Gasteiger charge is -2.25. The summed E-state index contributed by atoms with van der Waals surface area (Å²) in [5.74, 6) is -0.0254. The fraction of sp³-hybridized carbons (Fsp3) is 0.917. The van der Waals surface area contributed by atoms with E-state index in [2.05, 4.69) is 5.32 Å². The van der Waals surface area contributed by atoms with Crippen LogP contribution in [0.3, 0.4) is 0 Å². The Bertz CT molecular complexity index is 321. The molecular formula is C12H20F3N3O. The molecule has 0 bridgehead atoms. The van der Waals surface area contributed by atoms with Crippen LogP contribution in [0.25, 0.3) is 0 Å². The molecule has 0 aromatic carbocycles. The van der Waals surface area contributed by atoms with Crippen LogP contribution in [-0.4, -0.2) is 55.2 Å². The highest BCUT2D eigenvalue weighted by Gasteiger charge is 2.38. The van der Waals surface area contributed by atoms with Gasteiger partial charge in [0, 0.05) is 19.1 Å². The third-order valence-electron chi connectivity index (χ3n) is 4.02. The third kappa shape index (κ3) is 3.82. The highest BCUT2D eigenvalue weighted by Crippen LogP contribution is 2.26. The van der Waals surface area contributed by atoms with Gasteiger partial charge >= 0.3 is 6.18 Å². The van der Waals surface area contributed by atoms with Crippen molar-refractivity contribution in [3.63, 3.8) is 0 Å². The number of likely N-dealkylation sites (tertiary alicyclic amines) is 1. The topological polar surface area (TPSA) is 44.4 Å². The second kappa shape index (κ2) is 5.66. The number of nitrogens with one attached hydrogen (secondary N) is 2. The van der Waals surface area contributed by atoms with Crippen molar-refractivity contribution in [3.05, 3.63) is 0 Å². The second-order valence-electron chi connectivity index (χ2n) is 5.43. The lowest BCUT2D eigenvalue weighted by molar-refractivity contribution is -0.141. The number of hydrogen-bond donors (Lipinski definition) is 2. The van der Waals surface area contributed by atoms with Crippen LogP contribution in [0.4, 0.5) is 13.2 Å². The van der Waals surface area contributed by atoms with Crippen LogP contribution in [0.1, 0.15) is 19.8 Å². The van der Waals surface area contributed by atoms with Crippen molar-refractivity contribution in [1.82, 2.24) is 15.5 Å². The summed E-state index contributed by atoms with van der Waals surface area (Å²) in [6, 6.07) is -0.124. The molecule has 0 spiro atoms. The van der Waals surface area contributed by atoms with Gasteiger partial charge in [-0.25, -0.2) is 0 Å². The fourth-order valence-corrected chi connectivity index (χ4v) is 2.90. The second-order valence-corrected chi connectivity index (χ2v) is 5.43. The Morgan fingerprint density at radius 2 is 2.21 bits per heavy atom. The molecule has 3 atom stereocenters. The fourth-order valence-electron chi connectivity index (χ4n) is 2.90. The normalized spacial score (nSPS) is 29.9. The Labute approximate surface area is 110 Å². The highest BCUT2D eigenvalue weighted by molar-refractivity contribution is 5.81. The van der Waals surface area contributed by atoms with Crippen molar-refractivity contribution in [2.45, 2.75) is 38.0 Å². The van der Waals surface area contributed by atoms with Crippen molar-refractivity contribution >= 4 is 5.91 Å². The minimum atomic E-state index is -4.35. The molecule has 7 heteroatoms. The number of nitrogens with zero attached hydrogens (tertiary/aromatic N) is 1. The van der Waals surface area contributed by atoms with Gasteiger partial charge in [0.05, 0.1) is 6.04 Å². The molecule has 3 unspecified atom stereocenters. The number of fused-ring (bicyclic) bond motifs is 1. The zero-order valence-corrected chi connectivity index (χ0v) is 11.0. The van der Waals surface area contributed by atoms with Gasteiger partial charge in [-0.2, -0.15) is 13.2 Å². The van der Waals surface area contributed by atoms with Crippen LogP contribution >= 0.6 is 0 Å². The largest absolute Gasteiger partial charge is 0.405 e. The molecule has 0 aromatic heterocycles. The maximum absolute atomic E-state index is 12.1. The summed E-state index contributed by atoms with van der Waals surface area (Å²) >= 11 is 0. The minimum absolute atomic E-state index is 0.381. The van der Waals surface area contributed by atoms with Gasteiger partial charge < -0.3 is 10.6 Å². The van der Waals surface area contributed by atoms with E-state index in [4.69, 9.17) is 0 Å². The van der Waals surface area contributed by atoms with E-state index in [0.29, 0.717) is 12.0 Å². The van der Waals surface area contributed by atoms with Crippen LogP contribution in [-0.2, 0) is 4.79 Å². The number of rotatable bonds is 3. The van der Waals surface area contributed by atoms with Gasteiger partial charge in [-0.15, -0.1) is 0 Å². The van der Waals surface area contributed by atoms with Gasteiger partial charge in [0.1, 0.15) is 6.54 Å². The Kier molecular flexibility index (Phi) is 4.35. The van der Waals surface area contributed by atoms with E-state index in [1.54, 1.807) is 6.92 Å². The van der Waals surface area contributed by atoms with Crippen molar-refractivity contribution in [2.24, 2.45) is 5.92 Å².